The standard InChI is InChI=1S/C66H126N2O8/c1-7-11-15-19-23-30-41-61(69)52-59(53-62(70)42-31-24-20-16-12-8-2)39-29-27-28-34-45-66(74)76-50-48-68-54-57(5)60(51-58(68)6)40-36-38-49-75-65(73)46-35-37-47-67(55-63(71)43-32-25-21-17-13-9-3)56-64(72)44-33-26-22-18-14-10-4/h29,36,39-40,57-64,69-72H,7-28,30-35,37-38,41-56H2,1-6H3/b39-29+,40-36+. The van der Waals surface area contributed by atoms with Crippen LogP contribution in [0, 0.1) is 17.8 Å². The number of aliphatic hydroxyl groups excluding tert-OH is 4. The van der Waals surface area contributed by atoms with Gasteiger partial charge in [-0.1, -0.05) is 213 Å². The Hall–Kier alpha value is -1.82. The summed E-state index contributed by atoms with van der Waals surface area (Å²) in [6.45, 7) is 17.9. The van der Waals surface area contributed by atoms with Gasteiger partial charge in [0.15, 0.2) is 0 Å². The van der Waals surface area contributed by atoms with E-state index in [1.165, 1.54) is 128 Å². The molecule has 0 aliphatic carbocycles. The number of hydrogen-bond acceptors (Lipinski definition) is 10. The van der Waals surface area contributed by atoms with Crippen LogP contribution in [0.4, 0.5) is 0 Å². The van der Waals surface area contributed by atoms with Gasteiger partial charge < -0.3 is 29.9 Å². The van der Waals surface area contributed by atoms with E-state index in [2.05, 4.69) is 75.6 Å². The molecule has 7 unspecified atom stereocenters. The average Bonchev–Trinajstić information content (AvgIpc) is 3.39. The number of nitrogens with zero attached hydrogens (tertiary/aromatic N) is 2. The zero-order chi connectivity index (χ0) is 55.7. The number of allylic oxidation sites excluding steroid dienone is 3. The van der Waals surface area contributed by atoms with Gasteiger partial charge in [-0.05, 0) is 115 Å². The molecule has 1 rings (SSSR count). The lowest BCUT2D eigenvalue weighted by atomic mass is 9.83. The third-order valence-corrected chi connectivity index (χ3v) is 16.2. The minimum atomic E-state index is -0.388. The van der Waals surface area contributed by atoms with Crippen molar-refractivity contribution in [3.8, 4) is 0 Å². The summed E-state index contributed by atoms with van der Waals surface area (Å²) in [7, 11) is 0. The second-order valence-corrected chi connectivity index (χ2v) is 23.8. The summed E-state index contributed by atoms with van der Waals surface area (Å²) in [5.74, 6) is 0.811. The van der Waals surface area contributed by atoms with Crippen molar-refractivity contribution in [3.05, 3.63) is 24.3 Å². The van der Waals surface area contributed by atoms with Crippen LogP contribution in [0.5, 0.6) is 0 Å². The fourth-order valence-electron chi connectivity index (χ4n) is 11.3. The highest BCUT2D eigenvalue weighted by atomic mass is 16.5. The van der Waals surface area contributed by atoms with Crippen LogP contribution in [0.1, 0.15) is 292 Å². The van der Waals surface area contributed by atoms with Gasteiger partial charge >= 0.3 is 11.9 Å². The van der Waals surface area contributed by atoms with Crippen LogP contribution in [0.15, 0.2) is 24.3 Å². The van der Waals surface area contributed by atoms with Gasteiger partial charge in [-0.25, -0.2) is 0 Å². The SMILES string of the molecule is CCCCCCCCC(O)CC(/C=C/CCCCC(=O)OCCN1CC(C)C(/C=C/CCOC(=O)CCCCN(CC(O)CCCCCCCC)CC(O)CCCCCCCC)CC1C)CC(O)CCCCCCCC. The van der Waals surface area contributed by atoms with E-state index in [9.17, 15) is 30.0 Å². The lowest BCUT2D eigenvalue weighted by molar-refractivity contribution is -0.145. The third kappa shape index (κ3) is 43.0. The molecular weight excluding hydrogens is 949 g/mol. The molecule has 0 aromatic rings. The van der Waals surface area contributed by atoms with Gasteiger partial charge in [-0.2, -0.15) is 0 Å². The fourth-order valence-corrected chi connectivity index (χ4v) is 11.3. The van der Waals surface area contributed by atoms with Crippen molar-refractivity contribution in [2.24, 2.45) is 17.8 Å². The van der Waals surface area contributed by atoms with Crippen molar-refractivity contribution < 1.29 is 39.5 Å². The zero-order valence-electron chi connectivity index (χ0n) is 50.8. The number of aliphatic hydroxyl groups is 4. The Morgan fingerprint density at radius 3 is 1.45 bits per heavy atom. The summed E-state index contributed by atoms with van der Waals surface area (Å²) in [6, 6.07) is 0.384. The molecule has 4 N–H and O–H groups in total. The van der Waals surface area contributed by atoms with Crippen molar-refractivity contribution in [1.29, 1.82) is 0 Å². The smallest absolute Gasteiger partial charge is 0.305 e. The molecule has 1 aliphatic rings. The molecule has 448 valence electrons. The number of esters is 2. The van der Waals surface area contributed by atoms with Crippen LogP contribution in [0.25, 0.3) is 0 Å². The molecule has 0 saturated carbocycles. The summed E-state index contributed by atoms with van der Waals surface area (Å²) in [6.07, 6.45) is 48.0. The van der Waals surface area contributed by atoms with Gasteiger partial charge in [0.05, 0.1) is 31.0 Å². The lowest BCUT2D eigenvalue weighted by Crippen LogP contribution is -2.46. The Labute approximate surface area is 469 Å². The highest BCUT2D eigenvalue weighted by Gasteiger charge is 2.29. The van der Waals surface area contributed by atoms with Gasteiger partial charge in [0, 0.05) is 45.1 Å². The summed E-state index contributed by atoms with van der Waals surface area (Å²) in [5.41, 5.74) is 0. The molecule has 0 amide bonds. The van der Waals surface area contributed by atoms with E-state index in [4.69, 9.17) is 9.47 Å². The maximum atomic E-state index is 12.7. The summed E-state index contributed by atoms with van der Waals surface area (Å²) in [5, 5.41) is 43.6. The largest absolute Gasteiger partial charge is 0.465 e. The second kappa shape index (κ2) is 51.3. The van der Waals surface area contributed by atoms with Crippen LogP contribution < -0.4 is 0 Å². The van der Waals surface area contributed by atoms with Crippen molar-refractivity contribution in [2.45, 2.75) is 322 Å². The predicted molar refractivity (Wildman–Crippen MR) is 321 cm³/mol. The molecule has 10 nitrogen and oxygen atoms in total. The van der Waals surface area contributed by atoms with Crippen LogP contribution in [0.3, 0.4) is 0 Å². The van der Waals surface area contributed by atoms with E-state index in [1.54, 1.807) is 0 Å². The Morgan fingerprint density at radius 1 is 0.526 bits per heavy atom. The van der Waals surface area contributed by atoms with Gasteiger partial charge in [0.25, 0.3) is 0 Å². The highest BCUT2D eigenvalue weighted by molar-refractivity contribution is 5.69. The lowest BCUT2D eigenvalue weighted by Gasteiger charge is -2.40. The number of hydrogen-bond donors (Lipinski definition) is 4. The quantitative estimate of drug-likeness (QED) is 0.0264. The van der Waals surface area contributed by atoms with E-state index in [-0.39, 0.29) is 42.3 Å². The maximum absolute atomic E-state index is 12.7. The first kappa shape index (κ1) is 72.2. The molecule has 76 heavy (non-hydrogen) atoms. The molecule has 0 aromatic heterocycles. The Morgan fingerprint density at radius 2 is 0.961 bits per heavy atom. The zero-order valence-corrected chi connectivity index (χ0v) is 50.8. The Bertz CT molecular complexity index is 1310. The number of unbranched alkanes of at least 4 members (excludes halogenated alkanes) is 23. The number of ether oxygens (including phenoxy) is 2. The molecule has 0 aromatic carbocycles. The molecule has 0 spiro atoms. The van der Waals surface area contributed by atoms with Crippen LogP contribution in [-0.2, 0) is 19.1 Å². The Kier molecular flexibility index (Phi) is 48.8. The molecule has 7 atom stereocenters. The fraction of sp³-hybridized carbons (Fsp3) is 0.909. The second-order valence-electron chi connectivity index (χ2n) is 23.8. The van der Waals surface area contributed by atoms with E-state index in [1.807, 2.05) is 0 Å². The topological polar surface area (TPSA) is 140 Å². The van der Waals surface area contributed by atoms with Gasteiger partial charge in [0.2, 0.25) is 0 Å². The number of piperidine rings is 1. The Balaban J connectivity index is 2.39. The monoisotopic (exact) mass is 1070 g/mol. The first-order valence-corrected chi connectivity index (χ1v) is 32.7. The summed E-state index contributed by atoms with van der Waals surface area (Å²) < 4.78 is 11.3. The van der Waals surface area contributed by atoms with Crippen molar-refractivity contribution in [3.63, 3.8) is 0 Å². The molecule has 0 bridgehead atoms. The number of carbonyl (C=O) groups excluding carboxylic acids is 2. The van der Waals surface area contributed by atoms with Crippen molar-refractivity contribution >= 4 is 11.9 Å². The van der Waals surface area contributed by atoms with Gasteiger partial charge in [-0.15, -0.1) is 0 Å². The number of carbonyl (C=O) groups is 2. The number of likely N-dealkylation sites (tertiary alicyclic amines) is 1. The summed E-state index contributed by atoms with van der Waals surface area (Å²) >= 11 is 0. The van der Waals surface area contributed by atoms with Crippen molar-refractivity contribution in [1.82, 2.24) is 9.80 Å². The molecule has 1 aliphatic heterocycles. The van der Waals surface area contributed by atoms with Crippen LogP contribution >= 0.6 is 0 Å². The van der Waals surface area contributed by atoms with Gasteiger partial charge in [-0.3, -0.25) is 19.4 Å². The van der Waals surface area contributed by atoms with Gasteiger partial charge in [0.1, 0.15) is 6.61 Å². The molecule has 1 heterocycles. The molecule has 0 radical (unpaired) electrons. The molecule has 1 saturated heterocycles. The van der Waals surface area contributed by atoms with E-state index in [0.29, 0.717) is 76.3 Å². The minimum Gasteiger partial charge on any atom is -0.465 e. The van der Waals surface area contributed by atoms with Crippen LogP contribution in [0.2, 0.25) is 0 Å². The number of rotatable bonds is 54. The first-order valence-electron chi connectivity index (χ1n) is 32.7. The average molecular weight is 1080 g/mol. The van der Waals surface area contributed by atoms with Crippen LogP contribution in [-0.4, -0.2) is 119 Å². The molecule has 1 fully saturated rings. The maximum Gasteiger partial charge on any atom is 0.305 e. The highest BCUT2D eigenvalue weighted by Crippen LogP contribution is 2.29. The first-order chi connectivity index (χ1) is 36.9. The third-order valence-electron chi connectivity index (χ3n) is 16.2. The molecule has 10 heteroatoms. The van der Waals surface area contributed by atoms with E-state index < -0.39 is 0 Å². The summed E-state index contributed by atoms with van der Waals surface area (Å²) in [4.78, 5) is 30.0. The predicted octanol–water partition coefficient (Wildman–Crippen LogP) is 15.8. The molecular formula is C66H126N2O8. The minimum absolute atomic E-state index is 0.126. The van der Waals surface area contributed by atoms with Crippen molar-refractivity contribution in [2.75, 3.05) is 45.9 Å². The normalized spacial score (nSPS) is 18.4. The van der Waals surface area contributed by atoms with E-state index >= 15 is 0 Å². The van der Waals surface area contributed by atoms with E-state index in [0.717, 1.165) is 110 Å².